The van der Waals surface area contributed by atoms with Gasteiger partial charge in [0.15, 0.2) is 5.78 Å². The van der Waals surface area contributed by atoms with E-state index in [0.29, 0.717) is 36.5 Å². The number of rotatable bonds is 4. The minimum absolute atomic E-state index is 0.00211. The van der Waals surface area contributed by atoms with E-state index in [1.807, 2.05) is 0 Å². The van der Waals surface area contributed by atoms with Crippen LogP contribution in [0.15, 0.2) is 34.9 Å². The SMILES string of the molecule is CC(C)C(C)C=CC(C)C1CCC2(O)C3=C(CCC12C)C1(C)CCC(O)CC1=CC3=O. The zero-order valence-corrected chi connectivity index (χ0v) is 20.4. The van der Waals surface area contributed by atoms with Crippen molar-refractivity contribution in [2.24, 2.45) is 34.5 Å². The van der Waals surface area contributed by atoms with E-state index in [4.69, 9.17) is 0 Å². The molecule has 4 rings (SSSR count). The molecule has 2 saturated carbocycles. The molecular formula is C28H42O3. The zero-order chi connectivity index (χ0) is 22.8. The fourth-order valence-corrected chi connectivity index (χ4v) is 7.28. The lowest BCUT2D eigenvalue weighted by Crippen LogP contribution is -2.54. The summed E-state index contributed by atoms with van der Waals surface area (Å²) >= 11 is 0. The molecule has 0 bridgehead atoms. The minimum Gasteiger partial charge on any atom is -0.393 e. The smallest absolute Gasteiger partial charge is 0.184 e. The van der Waals surface area contributed by atoms with Gasteiger partial charge in [0.05, 0.1) is 11.7 Å². The van der Waals surface area contributed by atoms with E-state index in [1.54, 1.807) is 6.08 Å². The number of aliphatic hydroxyl groups is 2. The third-order valence-electron chi connectivity index (χ3n) is 9.95. The number of aliphatic hydroxyl groups excluding tert-OH is 1. The highest BCUT2D eigenvalue weighted by molar-refractivity contribution is 6.08. The van der Waals surface area contributed by atoms with E-state index in [0.717, 1.165) is 43.3 Å². The van der Waals surface area contributed by atoms with Crippen molar-refractivity contribution in [1.82, 2.24) is 0 Å². The highest BCUT2D eigenvalue weighted by Gasteiger charge is 2.64. The lowest BCUT2D eigenvalue weighted by atomic mass is 9.51. The van der Waals surface area contributed by atoms with Crippen molar-refractivity contribution in [3.63, 3.8) is 0 Å². The minimum atomic E-state index is -1.03. The molecule has 4 aliphatic rings. The van der Waals surface area contributed by atoms with E-state index >= 15 is 0 Å². The number of ketones is 1. The third kappa shape index (κ3) is 3.33. The molecule has 0 amide bonds. The molecule has 172 valence electrons. The standard InChI is InChI=1S/C28H42O3/c1-17(2)18(3)7-8-19(4)22-11-14-28(31)25-23(10-13-27(22,28)6)26(5)12-9-21(29)15-20(26)16-24(25)30/h7-8,16-19,21-22,29,31H,9-15H2,1-6H3. The van der Waals surface area contributed by atoms with Crippen molar-refractivity contribution < 1.29 is 15.0 Å². The van der Waals surface area contributed by atoms with Crippen molar-refractivity contribution in [1.29, 1.82) is 0 Å². The average Bonchev–Trinajstić information content (AvgIpc) is 2.98. The van der Waals surface area contributed by atoms with Gasteiger partial charge in [0.2, 0.25) is 0 Å². The zero-order valence-electron chi connectivity index (χ0n) is 20.4. The van der Waals surface area contributed by atoms with Crippen LogP contribution < -0.4 is 0 Å². The van der Waals surface area contributed by atoms with Crippen molar-refractivity contribution in [2.75, 3.05) is 0 Å². The maximum atomic E-state index is 13.4. The number of hydrogen-bond acceptors (Lipinski definition) is 3. The van der Waals surface area contributed by atoms with E-state index in [-0.39, 0.29) is 22.7 Å². The van der Waals surface area contributed by atoms with Crippen LogP contribution >= 0.6 is 0 Å². The topological polar surface area (TPSA) is 57.5 Å². The van der Waals surface area contributed by atoms with Gasteiger partial charge in [-0.2, -0.15) is 0 Å². The number of fused-ring (bicyclic) bond motifs is 4. The number of carbonyl (C=O) groups excluding carboxylic acids is 1. The van der Waals surface area contributed by atoms with Crippen molar-refractivity contribution in [2.45, 2.75) is 98.2 Å². The lowest BCUT2D eigenvalue weighted by molar-refractivity contribution is -0.119. The molecule has 0 radical (unpaired) electrons. The molecule has 0 saturated heterocycles. The largest absolute Gasteiger partial charge is 0.393 e. The number of allylic oxidation sites excluding steroid dienone is 4. The molecule has 0 aliphatic heterocycles. The normalized spacial score (nSPS) is 42.4. The molecule has 2 fully saturated rings. The van der Waals surface area contributed by atoms with Gasteiger partial charge in [-0.05, 0) is 74.7 Å². The summed E-state index contributed by atoms with van der Waals surface area (Å²) in [6.45, 7) is 13.6. The highest BCUT2D eigenvalue weighted by atomic mass is 16.3. The van der Waals surface area contributed by atoms with Crippen LogP contribution in [0.4, 0.5) is 0 Å². The predicted octanol–water partition coefficient (Wildman–Crippen LogP) is 5.77. The van der Waals surface area contributed by atoms with Gasteiger partial charge in [-0.15, -0.1) is 0 Å². The van der Waals surface area contributed by atoms with Crippen LogP contribution in [0.3, 0.4) is 0 Å². The second-order valence-electron chi connectivity index (χ2n) is 11.9. The summed E-state index contributed by atoms with van der Waals surface area (Å²) in [6.07, 6.45) is 11.8. The fourth-order valence-electron chi connectivity index (χ4n) is 7.28. The Bertz CT molecular complexity index is 848. The van der Waals surface area contributed by atoms with Crippen LogP contribution in [0.25, 0.3) is 0 Å². The number of carbonyl (C=O) groups is 1. The molecular weight excluding hydrogens is 384 g/mol. The summed E-state index contributed by atoms with van der Waals surface area (Å²) in [5.74, 6) is 1.93. The van der Waals surface area contributed by atoms with Gasteiger partial charge in [0, 0.05) is 16.4 Å². The predicted molar refractivity (Wildman–Crippen MR) is 125 cm³/mol. The Labute approximate surface area is 188 Å². The molecule has 3 nitrogen and oxygen atoms in total. The van der Waals surface area contributed by atoms with Crippen molar-refractivity contribution in [3.05, 3.63) is 34.9 Å². The van der Waals surface area contributed by atoms with Crippen LogP contribution in [-0.2, 0) is 4.79 Å². The summed E-state index contributed by atoms with van der Waals surface area (Å²) in [7, 11) is 0. The molecule has 2 N–H and O–H groups in total. The van der Waals surface area contributed by atoms with Gasteiger partial charge in [-0.1, -0.05) is 64.8 Å². The Balaban J connectivity index is 1.68. The molecule has 3 heteroatoms. The molecule has 0 heterocycles. The molecule has 7 unspecified atom stereocenters. The lowest BCUT2D eigenvalue weighted by Gasteiger charge is -2.54. The average molecular weight is 427 g/mol. The maximum Gasteiger partial charge on any atom is 0.184 e. The van der Waals surface area contributed by atoms with Crippen LogP contribution in [-0.4, -0.2) is 27.7 Å². The Hall–Kier alpha value is -1.19. The van der Waals surface area contributed by atoms with E-state index in [1.165, 1.54) is 5.57 Å². The van der Waals surface area contributed by atoms with Gasteiger partial charge in [0.25, 0.3) is 0 Å². The molecule has 31 heavy (non-hydrogen) atoms. The summed E-state index contributed by atoms with van der Waals surface area (Å²) in [5.41, 5.74) is 1.50. The quantitative estimate of drug-likeness (QED) is 0.561. The van der Waals surface area contributed by atoms with E-state index in [9.17, 15) is 15.0 Å². The van der Waals surface area contributed by atoms with Crippen molar-refractivity contribution >= 4 is 5.78 Å². The summed E-state index contributed by atoms with van der Waals surface area (Å²) < 4.78 is 0. The third-order valence-corrected chi connectivity index (χ3v) is 9.95. The first-order valence-electron chi connectivity index (χ1n) is 12.5. The van der Waals surface area contributed by atoms with Gasteiger partial charge >= 0.3 is 0 Å². The molecule has 0 aromatic carbocycles. The van der Waals surface area contributed by atoms with E-state index in [2.05, 4.69) is 53.7 Å². The van der Waals surface area contributed by atoms with Gasteiger partial charge < -0.3 is 10.2 Å². The summed E-state index contributed by atoms with van der Waals surface area (Å²) in [6, 6.07) is 0. The molecule has 0 aromatic heterocycles. The monoisotopic (exact) mass is 426 g/mol. The Morgan fingerprint density at radius 3 is 2.45 bits per heavy atom. The Morgan fingerprint density at radius 1 is 1.06 bits per heavy atom. The number of hydrogen-bond donors (Lipinski definition) is 2. The van der Waals surface area contributed by atoms with Gasteiger partial charge in [0.1, 0.15) is 0 Å². The molecule has 0 aromatic rings. The molecule has 4 aliphatic carbocycles. The van der Waals surface area contributed by atoms with Gasteiger partial charge in [-0.3, -0.25) is 4.79 Å². The Kier molecular flexibility index (Phi) is 5.71. The van der Waals surface area contributed by atoms with Crippen LogP contribution in [0.2, 0.25) is 0 Å². The van der Waals surface area contributed by atoms with Crippen LogP contribution in [0.1, 0.15) is 86.5 Å². The second kappa shape index (κ2) is 7.70. The second-order valence-corrected chi connectivity index (χ2v) is 11.9. The first-order chi connectivity index (χ1) is 14.4. The van der Waals surface area contributed by atoms with Crippen molar-refractivity contribution in [3.8, 4) is 0 Å². The summed E-state index contributed by atoms with van der Waals surface area (Å²) in [5, 5.41) is 22.4. The van der Waals surface area contributed by atoms with E-state index < -0.39 is 5.60 Å². The fraction of sp³-hybridized carbons (Fsp3) is 0.750. The maximum absolute atomic E-state index is 13.4. The molecule has 7 atom stereocenters. The molecule has 0 spiro atoms. The summed E-state index contributed by atoms with van der Waals surface area (Å²) in [4.78, 5) is 13.4. The Morgan fingerprint density at radius 2 is 1.77 bits per heavy atom. The first-order valence-corrected chi connectivity index (χ1v) is 12.5. The van der Waals surface area contributed by atoms with Crippen LogP contribution in [0.5, 0.6) is 0 Å². The van der Waals surface area contributed by atoms with Crippen LogP contribution in [0, 0.1) is 34.5 Å². The highest BCUT2D eigenvalue weighted by Crippen LogP contribution is 2.66. The first kappa shape index (κ1) is 23.0. The van der Waals surface area contributed by atoms with Gasteiger partial charge in [-0.25, -0.2) is 0 Å².